The van der Waals surface area contributed by atoms with Crippen molar-refractivity contribution in [1.82, 2.24) is 19.8 Å². The van der Waals surface area contributed by atoms with E-state index in [0.717, 1.165) is 31.0 Å². The number of rotatable bonds is 6. The molecular weight excluding hydrogens is 264 g/mol. The van der Waals surface area contributed by atoms with Crippen molar-refractivity contribution < 1.29 is 0 Å². The van der Waals surface area contributed by atoms with Crippen molar-refractivity contribution >= 4 is 11.8 Å². The SMILES string of the molecule is CC(C)c1cc(NCCCN2CCN(C)CC2)nc(N)n1. The third kappa shape index (κ3) is 5.13. The van der Waals surface area contributed by atoms with Gasteiger partial charge in [-0.2, -0.15) is 4.98 Å². The van der Waals surface area contributed by atoms with E-state index in [-0.39, 0.29) is 0 Å². The van der Waals surface area contributed by atoms with Gasteiger partial charge in [0.2, 0.25) is 5.95 Å². The minimum Gasteiger partial charge on any atom is -0.370 e. The first-order valence-corrected chi connectivity index (χ1v) is 7.84. The lowest BCUT2D eigenvalue weighted by atomic mass is 10.1. The number of nitrogens with two attached hydrogens (primary N) is 1. The standard InChI is InChI=1S/C15H28N6/c1-12(2)13-11-14(19-15(16)18-13)17-5-4-6-21-9-7-20(3)8-10-21/h11-12H,4-10H2,1-3H3,(H3,16,17,18,19). The maximum absolute atomic E-state index is 5.76. The minimum absolute atomic E-state index is 0.350. The number of nitrogens with zero attached hydrogens (tertiary/aromatic N) is 4. The quantitative estimate of drug-likeness (QED) is 0.769. The number of nitrogen functional groups attached to an aromatic ring is 1. The summed E-state index contributed by atoms with van der Waals surface area (Å²) in [5.74, 6) is 1.55. The Morgan fingerprint density at radius 3 is 2.62 bits per heavy atom. The van der Waals surface area contributed by atoms with Crippen LogP contribution in [0.3, 0.4) is 0 Å². The van der Waals surface area contributed by atoms with Gasteiger partial charge in [-0.3, -0.25) is 0 Å². The van der Waals surface area contributed by atoms with Crippen molar-refractivity contribution in [1.29, 1.82) is 0 Å². The van der Waals surface area contributed by atoms with E-state index in [2.05, 4.69) is 46.0 Å². The molecule has 1 saturated heterocycles. The Morgan fingerprint density at radius 1 is 1.24 bits per heavy atom. The summed E-state index contributed by atoms with van der Waals surface area (Å²) in [6, 6.07) is 2.00. The van der Waals surface area contributed by atoms with Gasteiger partial charge >= 0.3 is 0 Å². The summed E-state index contributed by atoms with van der Waals surface area (Å²) in [5, 5.41) is 3.36. The Morgan fingerprint density at radius 2 is 1.95 bits per heavy atom. The molecule has 0 spiro atoms. The van der Waals surface area contributed by atoms with Crippen molar-refractivity contribution in [2.45, 2.75) is 26.2 Å². The van der Waals surface area contributed by atoms with Crippen LogP contribution in [-0.2, 0) is 0 Å². The van der Waals surface area contributed by atoms with E-state index >= 15 is 0 Å². The molecule has 2 rings (SSSR count). The Kier molecular flexibility index (Phi) is 5.76. The molecule has 1 aliphatic heterocycles. The summed E-state index contributed by atoms with van der Waals surface area (Å²) in [6.07, 6.45) is 1.12. The Bertz CT molecular complexity index is 440. The number of aromatic nitrogens is 2. The number of piperazine rings is 1. The van der Waals surface area contributed by atoms with Crippen LogP contribution in [-0.4, -0.2) is 66.1 Å². The first kappa shape index (κ1) is 16.0. The van der Waals surface area contributed by atoms with Crippen molar-refractivity contribution in [3.8, 4) is 0 Å². The molecule has 1 aromatic rings. The maximum atomic E-state index is 5.76. The lowest BCUT2D eigenvalue weighted by Crippen LogP contribution is -2.44. The van der Waals surface area contributed by atoms with E-state index in [1.54, 1.807) is 0 Å². The van der Waals surface area contributed by atoms with Crippen molar-refractivity contribution in [3.63, 3.8) is 0 Å². The number of nitrogens with one attached hydrogen (secondary N) is 1. The Labute approximate surface area is 127 Å². The van der Waals surface area contributed by atoms with Gasteiger partial charge in [0.15, 0.2) is 0 Å². The third-order valence-electron chi connectivity index (χ3n) is 3.91. The van der Waals surface area contributed by atoms with Crippen LogP contribution in [0.4, 0.5) is 11.8 Å². The fraction of sp³-hybridized carbons (Fsp3) is 0.733. The van der Waals surface area contributed by atoms with Crippen molar-refractivity contribution in [3.05, 3.63) is 11.8 Å². The molecule has 0 aliphatic carbocycles. The fourth-order valence-corrected chi connectivity index (χ4v) is 2.46. The van der Waals surface area contributed by atoms with E-state index in [1.165, 1.54) is 26.2 Å². The zero-order chi connectivity index (χ0) is 15.2. The molecule has 0 saturated carbocycles. The van der Waals surface area contributed by atoms with Crippen LogP contribution in [0, 0.1) is 0 Å². The van der Waals surface area contributed by atoms with Crippen LogP contribution in [0.15, 0.2) is 6.07 Å². The predicted molar refractivity (Wildman–Crippen MR) is 87.6 cm³/mol. The van der Waals surface area contributed by atoms with Crippen LogP contribution >= 0.6 is 0 Å². The molecule has 21 heavy (non-hydrogen) atoms. The second kappa shape index (κ2) is 7.56. The highest BCUT2D eigenvalue weighted by molar-refractivity contribution is 5.41. The van der Waals surface area contributed by atoms with Crippen LogP contribution in [0.25, 0.3) is 0 Å². The summed E-state index contributed by atoms with van der Waals surface area (Å²) in [4.78, 5) is 13.4. The zero-order valence-electron chi connectivity index (χ0n) is 13.5. The van der Waals surface area contributed by atoms with Crippen molar-refractivity contribution in [2.24, 2.45) is 0 Å². The van der Waals surface area contributed by atoms with E-state index in [1.807, 2.05) is 6.07 Å². The maximum Gasteiger partial charge on any atom is 0.222 e. The smallest absolute Gasteiger partial charge is 0.222 e. The summed E-state index contributed by atoms with van der Waals surface area (Å²) >= 11 is 0. The molecule has 0 unspecified atom stereocenters. The van der Waals surface area contributed by atoms with Gasteiger partial charge in [-0.1, -0.05) is 13.8 Å². The third-order valence-corrected chi connectivity index (χ3v) is 3.91. The van der Waals surface area contributed by atoms with Gasteiger partial charge in [-0.05, 0) is 25.9 Å². The summed E-state index contributed by atoms with van der Waals surface area (Å²) in [6.45, 7) is 11.0. The van der Waals surface area contributed by atoms with E-state index in [4.69, 9.17) is 5.73 Å². The second-order valence-corrected chi connectivity index (χ2v) is 6.12. The lowest BCUT2D eigenvalue weighted by molar-refractivity contribution is 0.154. The van der Waals surface area contributed by atoms with Crippen LogP contribution in [0.1, 0.15) is 31.9 Å². The van der Waals surface area contributed by atoms with Crippen molar-refractivity contribution in [2.75, 3.05) is 57.4 Å². The van der Waals surface area contributed by atoms with Crippen LogP contribution in [0.2, 0.25) is 0 Å². The number of hydrogen-bond donors (Lipinski definition) is 2. The van der Waals surface area contributed by atoms with Gasteiger partial charge in [-0.25, -0.2) is 4.98 Å². The molecule has 1 aromatic heterocycles. The molecule has 0 amide bonds. The van der Waals surface area contributed by atoms with E-state index < -0.39 is 0 Å². The second-order valence-electron chi connectivity index (χ2n) is 6.12. The number of hydrogen-bond acceptors (Lipinski definition) is 6. The first-order valence-electron chi connectivity index (χ1n) is 7.84. The first-order chi connectivity index (χ1) is 10.0. The Hall–Kier alpha value is -1.40. The Balaban J connectivity index is 1.73. The molecule has 2 heterocycles. The highest BCUT2D eigenvalue weighted by atomic mass is 15.2. The van der Waals surface area contributed by atoms with Gasteiger partial charge in [0.05, 0.1) is 5.69 Å². The molecule has 3 N–H and O–H groups in total. The molecule has 0 atom stereocenters. The average molecular weight is 292 g/mol. The van der Waals surface area contributed by atoms with Gasteiger partial charge in [0, 0.05) is 38.8 Å². The number of likely N-dealkylation sites (N-methyl/N-ethyl adjacent to an activating group) is 1. The van der Waals surface area contributed by atoms with E-state index in [9.17, 15) is 0 Å². The molecule has 0 radical (unpaired) electrons. The highest BCUT2D eigenvalue weighted by Gasteiger charge is 2.12. The van der Waals surface area contributed by atoms with Gasteiger partial charge < -0.3 is 20.9 Å². The fourth-order valence-electron chi connectivity index (χ4n) is 2.46. The average Bonchev–Trinajstić information content (AvgIpc) is 2.45. The van der Waals surface area contributed by atoms with Gasteiger partial charge in [-0.15, -0.1) is 0 Å². The minimum atomic E-state index is 0.350. The van der Waals surface area contributed by atoms with Gasteiger partial charge in [0.25, 0.3) is 0 Å². The monoisotopic (exact) mass is 292 g/mol. The van der Waals surface area contributed by atoms with Crippen LogP contribution < -0.4 is 11.1 Å². The largest absolute Gasteiger partial charge is 0.370 e. The normalized spacial score (nSPS) is 17.3. The molecule has 1 fully saturated rings. The molecule has 0 bridgehead atoms. The summed E-state index contributed by atoms with van der Waals surface area (Å²) < 4.78 is 0. The molecule has 6 nitrogen and oxygen atoms in total. The topological polar surface area (TPSA) is 70.3 Å². The molecular formula is C15H28N6. The summed E-state index contributed by atoms with van der Waals surface area (Å²) in [5.41, 5.74) is 6.75. The lowest BCUT2D eigenvalue weighted by Gasteiger charge is -2.32. The predicted octanol–water partition coefficient (Wildman–Crippen LogP) is 1.23. The zero-order valence-corrected chi connectivity index (χ0v) is 13.5. The van der Waals surface area contributed by atoms with Gasteiger partial charge in [0.1, 0.15) is 5.82 Å². The molecule has 1 aliphatic rings. The summed E-state index contributed by atoms with van der Waals surface area (Å²) in [7, 11) is 2.19. The molecule has 118 valence electrons. The highest BCUT2D eigenvalue weighted by Crippen LogP contribution is 2.16. The number of anilines is 2. The van der Waals surface area contributed by atoms with E-state index in [0.29, 0.717) is 11.9 Å². The molecule has 0 aromatic carbocycles. The molecule has 6 heteroatoms. The van der Waals surface area contributed by atoms with Crippen LogP contribution in [0.5, 0.6) is 0 Å².